The number of carbonyl (C=O) groups is 1. The molecule has 0 aliphatic carbocycles. The zero-order chi connectivity index (χ0) is 11.6. The van der Waals surface area contributed by atoms with Crippen molar-refractivity contribution in [3.8, 4) is 0 Å². The van der Waals surface area contributed by atoms with Crippen LogP contribution in [-0.4, -0.2) is 55.4 Å². The van der Waals surface area contributed by atoms with Crippen LogP contribution in [0.2, 0.25) is 0 Å². The van der Waals surface area contributed by atoms with Crippen LogP contribution in [0.3, 0.4) is 0 Å². The molecule has 5 nitrogen and oxygen atoms in total. The smallest absolute Gasteiger partial charge is 0.317 e. The molecule has 1 aliphatic rings. The molecule has 0 unspecified atom stereocenters. The van der Waals surface area contributed by atoms with Gasteiger partial charge in [0.1, 0.15) is 0 Å². The minimum absolute atomic E-state index is 0.0599. The van der Waals surface area contributed by atoms with Crippen molar-refractivity contribution in [2.75, 3.05) is 39.3 Å². The first kappa shape index (κ1) is 13.3. The number of aliphatic hydroxyl groups excluding tert-OH is 1. The second-order valence-corrected chi connectivity index (χ2v) is 4.11. The molecule has 5 heteroatoms. The Morgan fingerprint density at radius 2 is 2.06 bits per heavy atom. The largest absolute Gasteiger partial charge is 0.396 e. The average Bonchev–Trinajstić information content (AvgIpc) is 2.68. The van der Waals surface area contributed by atoms with Crippen LogP contribution in [0.1, 0.15) is 25.7 Å². The zero-order valence-corrected chi connectivity index (χ0v) is 9.87. The fourth-order valence-electron chi connectivity index (χ4n) is 1.78. The third kappa shape index (κ3) is 5.32. The first-order valence-electron chi connectivity index (χ1n) is 6.19. The maximum atomic E-state index is 11.2. The third-order valence-corrected chi connectivity index (χ3v) is 2.77. The highest BCUT2D eigenvalue weighted by molar-refractivity contribution is 5.76. The summed E-state index contributed by atoms with van der Waals surface area (Å²) in [4.78, 5) is 13.0. The normalized spacial score (nSPS) is 15.6. The standard InChI is InChI=1S/C11H23N3O2/c15-10-4-2-1-3-5-12-6-8-14-9-7-13-11(14)16/h12,15H,1-10H2,(H,13,16). The lowest BCUT2D eigenvalue weighted by Crippen LogP contribution is -2.34. The summed E-state index contributed by atoms with van der Waals surface area (Å²) < 4.78 is 0. The molecule has 0 saturated carbocycles. The predicted octanol–water partition coefficient (Wildman–Crippen LogP) is 0.154. The van der Waals surface area contributed by atoms with E-state index in [9.17, 15) is 4.79 Å². The van der Waals surface area contributed by atoms with E-state index >= 15 is 0 Å². The SMILES string of the molecule is O=C1NCCN1CCNCCCCCCO. The van der Waals surface area contributed by atoms with Gasteiger partial charge < -0.3 is 20.6 Å². The van der Waals surface area contributed by atoms with Crippen LogP contribution in [0.25, 0.3) is 0 Å². The molecule has 2 amide bonds. The fourth-order valence-corrected chi connectivity index (χ4v) is 1.78. The van der Waals surface area contributed by atoms with E-state index in [1.165, 1.54) is 0 Å². The summed E-state index contributed by atoms with van der Waals surface area (Å²) in [5.74, 6) is 0. The Morgan fingerprint density at radius 1 is 1.25 bits per heavy atom. The van der Waals surface area contributed by atoms with Crippen molar-refractivity contribution in [3.05, 3.63) is 0 Å². The molecular formula is C11H23N3O2. The molecule has 0 aromatic rings. The predicted molar refractivity (Wildman–Crippen MR) is 63.4 cm³/mol. The van der Waals surface area contributed by atoms with E-state index in [0.717, 1.165) is 58.4 Å². The van der Waals surface area contributed by atoms with E-state index in [-0.39, 0.29) is 6.03 Å². The first-order valence-corrected chi connectivity index (χ1v) is 6.19. The Balaban J connectivity index is 1.83. The van der Waals surface area contributed by atoms with Gasteiger partial charge in [-0.05, 0) is 19.4 Å². The maximum Gasteiger partial charge on any atom is 0.317 e. The minimum Gasteiger partial charge on any atom is -0.396 e. The van der Waals surface area contributed by atoms with Crippen molar-refractivity contribution in [3.63, 3.8) is 0 Å². The molecule has 94 valence electrons. The maximum absolute atomic E-state index is 11.2. The quantitative estimate of drug-likeness (QED) is 0.493. The summed E-state index contributed by atoms with van der Waals surface area (Å²) in [7, 11) is 0. The van der Waals surface area contributed by atoms with E-state index in [0.29, 0.717) is 6.61 Å². The van der Waals surface area contributed by atoms with Gasteiger partial charge in [-0.15, -0.1) is 0 Å². The van der Waals surface area contributed by atoms with E-state index in [1.807, 2.05) is 4.90 Å². The van der Waals surface area contributed by atoms with Crippen molar-refractivity contribution >= 4 is 6.03 Å². The number of aliphatic hydroxyl groups is 1. The number of nitrogens with zero attached hydrogens (tertiary/aromatic N) is 1. The minimum atomic E-state index is 0.0599. The molecule has 1 fully saturated rings. The molecule has 3 N–H and O–H groups in total. The summed E-state index contributed by atoms with van der Waals surface area (Å²) >= 11 is 0. The molecule has 1 aliphatic heterocycles. The van der Waals surface area contributed by atoms with Crippen LogP contribution in [0.4, 0.5) is 4.79 Å². The third-order valence-electron chi connectivity index (χ3n) is 2.77. The lowest BCUT2D eigenvalue weighted by molar-refractivity contribution is 0.217. The van der Waals surface area contributed by atoms with Crippen molar-refractivity contribution in [1.82, 2.24) is 15.5 Å². The highest BCUT2D eigenvalue weighted by Gasteiger charge is 2.17. The molecule has 1 heterocycles. The highest BCUT2D eigenvalue weighted by Crippen LogP contribution is 1.98. The summed E-state index contributed by atoms with van der Waals surface area (Å²) in [5, 5.41) is 14.7. The number of carbonyl (C=O) groups excluding carboxylic acids is 1. The van der Waals surface area contributed by atoms with Gasteiger partial charge in [-0.3, -0.25) is 0 Å². The molecule has 0 atom stereocenters. The summed E-state index contributed by atoms with van der Waals surface area (Å²) in [6.07, 6.45) is 4.32. The molecule has 0 spiro atoms. The van der Waals surface area contributed by atoms with Crippen LogP contribution >= 0.6 is 0 Å². The van der Waals surface area contributed by atoms with Gasteiger partial charge in [-0.2, -0.15) is 0 Å². The Kier molecular flexibility index (Phi) is 6.92. The Bertz CT molecular complexity index is 200. The number of hydrogen-bond acceptors (Lipinski definition) is 3. The van der Waals surface area contributed by atoms with Gasteiger partial charge in [-0.1, -0.05) is 12.8 Å². The molecule has 0 radical (unpaired) electrons. The van der Waals surface area contributed by atoms with Gasteiger partial charge in [0, 0.05) is 32.8 Å². The monoisotopic (exact) mass is 229 g/mol. The number of amides is 2. The van der Waals surface area contributed by atoms with Crippen LogP contribution in [0.15, 0.2) is 0 Å². The van der Waals surface area contributed by atoms with E-state index in [4.69, 9.17) is 5.11 Å². The fraction of sp³-hybridized carbons (Fsp3) is 0.909. The molecule has 1 rings (SSSR count). The van der Waals surface area contributed by atoms with Gasteiger partial charge in [0.05, 0.1) is 0 Å². The van der Waals surface area contributed by atoms with Crippen LogP contribution in [0, 0.1) is 0 Å². The lowest BCUT2D eigenvalue weighted by atomic mass is 10.2. The second kappa shape index (κ2) is 8.35. The lowest BCUT2D eigenvalue weighted by Gasteiger charge is -2.14. The van der Waals surface area contributed by atoms with Crippen LogP contribution in [-0.2, 0) is 0 Å². The molecule has 1 saturated heterocycles. The zero-order valence-electron chi connectivity index (χ0n) is 9.87. The van der Waals surface area contributed by atoms with Crippen LogP contribution in [0.5, 0.6) is 0 Å². The Morgan fingerprint density at radius 3 is 2.75 bits per heavy atom. The average molecular weight is 229 g/mol. The number of rotatable bonds is 9. The van der Waals surface area contributed by atoms with Crippen molar-refractivity contribution in [2.45, 2.75) is 25.7 Å². The van der Waals surface area contributed by atoms with Crippen LogP contribution < -0.4 is 10.6 Å². The van der Waals surface area contributed by atoms with Crippen molar-refractivity contribution in [2.24, 2.45) is 0 Å². The molecular weight excluding hydrogens is 206 g/mol. The van der Waals surface area contributed by atoms with Gasteiger partial charge in [0.25, 0.3) is 0 Å². The van der Waals surface area contributed by atoms with Gasteiger partial charge in [0.15, 0.2) is 0 Å². The summed E-state index contributed by atoms with van der Waals surface area (Å²) in [5.41, 5.74) is 0. The summed E-state index contributed by atoms with van der Waals surface area (Å²) in [6, 6.07) is 0.0599. The number of hydrogen-bond donors (Lipinski definition) is 3. The molecule has 0 aromatic heterocycles. The second-order valence-electron chi connectivity index (χ2n) is 4.11. The first-order chi connectivity index (χ1) is 7.84. The Hall–Kier alpha value is -0.810. The van der Waals surface area contributed by atoms with Crippen molar-refractivity contribution in [1.29, 1.82) is 0 Å². The summed E-state index contributed by atoms with van der Waals surface area (Å²) in [6.45, 7) is 4.57. The highest BCUT2D eigenvalue weighted by atomic mass is 16.2. The molecule has 0 bridgehead atoms. The molecule has 0 aromatic carbocycles. The topological polar surface area (TPSA) is 64.6 Å². The Labute approximate surface area is 97.2 Å². The molecule has 16 heavy (non-hydrogen) atoms. The number of nitrogens with one attached hydrogen (secondary N) is 2. The van der Waals surface area contributed by atoms with Gasteiger partial charge >= 0.3 is 6.03 Å². The number of unbranched alkanes of at least 4 members (excludes halogenated alkanes) is 3. The van der Waals surface area contributed by atoms with E-state index in [2.05, 4.69) is 10.6 Å². The van der Waals surface area contributed by atoms with Gasteiger partial charge in [-0.25, -0.2) is 4.79 Å². The van der Waals surface area contributed by atoms with Crippen molar-refractivity contribution < 1.29 is 9.90 Å². The van der Waals surface area contributed by atoms with E-state index in [1.54, 1.807) is 0 Å². The van der Waals surface area contributed by atoms with Gasteiger partial charge in [0.2, 0.25) is 0 Å². The number of urea groups is 1. The van der Waals surface area contributed by atoms with E-state index < -0.39 is 0 Å².